The second-order valence-corrected chi connectivity index (χ2v) is 4.20. The van der Waals surface area contributed by atoms with Crippen LogP contribution in [0.25, 0.3) is 0 Å². The van der Waals surface area contributed by atoms with Crippen LogP contribution < -0.4 is 10.1 Å². The zero-order valence-electron chi connectivity index (χ0n) is 9.57. The van der Waals surface area contributed by atoms with E-state index in [1.807, 2.05) is 19.1 Å². The molecule has 88 valence electrons. The summed E-state index contributed by atoms with van der Waals surface area (Å²) < 4.78 is 5.49. The van der Waals surface area contributed by atoms with Crippen molar-refractivity contribution >= 4 is 5.82 Å². The minimum atomic E-state index is -0.180. The fraction of sp³-hybridized carbons (Fsp3) is 0.583. The maximum absolute atomic E-state index is 9.39. The number of aromatic nitrogens is 1. The molecule has 0 unspecified atom stereocenters. The Balaban J connectivity index is 2.13. The summed E-state index contributed by atoms with van der Waals surface area (Å²) in [6, 6.07) is 3.74. The second kappa shape index (κ2) is 4.70. The van der Waals surface area contributed by atoms with E-state index < -0.39 is 0 Å². The molecule has 0 radical (unpaired) electrons. The van der Waals surface area contributed by atoms with Crippen LogP contribution in [-0.2, 0) is 0 Å². The van der Waals surface area contributed by atoms with Gasteiger partial charge in [0.05, 0.1) is 18.8 Å². The number of nitrogens with zero attached hydrogens (tertiary/aromatic N) is 1. The second-order valence-electron chi connectivity index (χ2n) is 4.20. The van der Waals surface area contributed by atoms with Gasteiger partial charge in [0.15, 0.2) is 11.6 Å². The largest absolute Gasteiger partial charge is 0.490 e. The monoisotopic (exact) mass is 222 g/mol. The van der Waals surface area contributed by atoms with Crippen LogP contribution in [0.15, 0.2) is 18.3 Å². The van der Waals surface area contributed by atoms with E-state index >= 15 is 0 Å². The molecule has 1 aromatic rings. The topological polar surface area (TPSA) is 54.4 Å². The summed E-state index contributed by atoms with van der Waals surface area (Å²) in [5.41, 5.74) is -0.180. The van der Waals surface area contributed by atoms with E-state index in [0.717, 1.165) is 30.8 Å². The Morgan fingerprint density at radius 2 is 2.38 bits per heavy atom. The number of aliphatic hydroxyl groups excluding tert-OH is 1. The first-order valence-electron chi connectivity index (χ1n) is 5.76. The van der Waals surface area contributed by atoms with Crippen molar-refractivity contribution in [3.63, 3.8) is 0 Å². The molecule has 4 nitrogen and oxygen atoms in total. The summed E-state index contributed by atoms with van der Waals surface area (Å²) in [7, 11) is 0. The van der Waals surface area contributed by atoms with E-state index in [1.54, 1.807) is 6.20 Å². The molecule has 1 aliphatic rings. The molecule has 0 aromatic carbocycles. The van der Waals surface area contributed by atoms with Gasteiger partial charge in [-0.25, -0.2) is 4.98 Å². The van der Waals surface area contributed by atoms with E-state index in [-0.39, 0.29) is 12.1 Å². The molecule has 0 bridgehead atoms. The van der Waals surface area contributed by atoms with Gasteiger partial charge in [0.1, 0.15) is 0 Å². The fourth-order valence-corrected chi connectivity index (χ4v) is 1.93. The highest BCUT2D eigenvalue weighted by atomic mass is 16.5. The number of pyridine rings is 1. The number of nitrogens with one attached hydrogen (secondary N) is 1. The van der Waals surface area contributed by atoms with Crippen LogP contribution in [0.4, 0.5) is 5.82 Å². The molecule has 0 atom stereocenters. The lowest BCUT2D eigenvalue weighted by atomic mass is 9.77. The summed E-state index contributed by atoms with van der Waals surface area (Å²) >= 11 is 0. The molecule has 2 N–H and O–H groups in total. The van der Waals surface area contributed by atoms with Crippen molar-refractivity contribution < 1.29 is 9.84 Å². The zero-order valence-corrected chi connectivity index (χ0v) is 9.57. The van der Waals surface area contributed by atoms with Crippen LogP contribution in [0.5, 0.6) is 5.75 Å². The number of rotatable bonds is 5. The summed E-state index contributed by atoms with van der Waals surface area (Å²) in [5, 5.41) is 12.7. The Bertz CT molecular complexity index is 345. The molecular weight excluding hydrogens is 204 g/mol. The predicted molar refractivity (Wildman–Crippen MR) is 62.7 cm³/mol. The molecule has 1 aliphatic carbocycles. The normalized spacial score (nSPS) is 17.6. The van der Waals surface area contributed by atoms with Gasteiger partial charge in [-0.3, -0.25) is 0 Å². The Morgan fingerprint density at radius 1 is 1.56 bits per heavy atom. The highest BCUT2D eigenvalue weighted by Crippen LogP contribution is 2.36. The fourth-order valence-electron chi connectivity index (χ4n) is 1.93. The molecule has 0 saturated heterocycles. The van der Waals surface area contributed by atoms with Gasteiger partial charge >= 0.3 is 0 Å². The Kier molecular flexibility index (Phi) is 3.29. The minimum absolute atomic E-state index is 0.148. The minimum Gasteiger partial charge on any atom is -0.490 e. The molecule has 16 heavy (non-hydrogen) atoms. The van der Waals surface area contributed by atoms with Gasteiger partial charge in [0.25, 0.3) is 0 Å². The quantitative estimate of drug-likeness (QED) is 0.797. The van der Waals surface area contributed by atoms with Crippen LogP contribution in [0.2, 0.25) is 0 Å². The van der Waals surface area contributed by atoms with Gasteiger partial charge in [-0.05, 0) is 38.3 Å². The molecule has 1 fully saturated rings. The standard InChI is InChI=1S/C12H18N2O2/c1-2-16-10-5-3-8-13-11(10)14-12(9-15)6-4-7-12/h3,5,8,15H,2,4,6-7,9H2,1H3,(H,13,14). The number of anilines is 1. The molecule has 1 heterocycles. The molecule has 0 aliphatic heterocycles. The zero-order chi connectivity index (χ0) is 11.4. The maximum atomic E-state index is 9.39. The molecule has 0 spiro atoms. The smallest absolute Gasteiger partial charge is 0.169 e. The lowest BCUT2D eigenvalue weighted by molar-refractivity contribution is 0.143. The summed E-state index contributed by atoms with van der Waals surface area (Å²) in [6.45, 7) is 2.71. The third-order valence-corrected chi connectivity index (χ3v) is 3.07. The van der Waals surface area contributed by atoms with Gasteiger partial charge in [0.2, 0.25) is 0 Å². The molecule has 2 rings (SSSR count). The molecule has 1 aromatic heterocycles. The van der Waals surface area contributed by atoms with Crippen molar-refractivity contribution in [2.75, 3.05) is 18.5 Å². The number of hydrogen-bond acceptors (Lipinski definition) is 4. The number of aliphatic hydroxyl groups is 1. The van der Waals surface area contributed by atoms with Gasteiger partial charge in [-0.1, -0.05) is 0 Å². The average Bonchev–Trinajstić information content (AvgIpc) is 2.26. The molecular formula is C12H18N2O2. The third kappa shape index (κ3) is 2.11. The molecule has 0 amide bonds. The van der Waals surface area contributed by atoms with Crippen molar-refractivity contribution in [3.05, 3.63) is 18.3 Å². The van der Waals surface area contributed by atoms with Gasteiger partial charge < -0.3 is 15.2 Å². The number of hydrogen-bond donors (Lipinski definition) is 2. The lowest BCUT2D eigenvalue weighted by Gasteiger charge is -2.41. The van der Waals surface area contributed by atoms with Crippen molar-refractivity contribution in [3.8, 4) is 5.75 Å². The summed E-state index contributed by atoms with van der Waals surface area (Å²) in [6.07, 6.45) is 4.87. The number of ether oxygens (including phenoxy) is 1. The summed E-state index contributed by atoms with van der Waals surface area (Å²) in [5.74, 6) is 1.49. The third-order valence-electron chi connectivity index (χ3n) is 3.07. The van der Waals surface area contributed by atoms with Crippen molar-refractivity contribution in [1.29, 1.82) is 0 Å². The first-order valence-corrected chi connectivity index (χ1v) is 5.76. The Morgan fingerprint density at radius 3 is 2.94 bits per heavy atom. The van der Waals surface area contributed by atoms with E-state index in [4.69, 9.17) is 4.74 Å². The Hall–Kier alpha value is -1.29. The van der Waals surface area contributed by atoms with Crippen molar-refractivity contribution in [1.82, 2.24) is 4.98 Å². The first kappa shape index (κ1) is 11.2. The average molecular weight is 222 g/mol. The van der Waals surface area contributed by atoms with E-state index in [9.17, 15) is 5.11 Å². The summed E-state index contributed by atoms with van der Waals surface area (Å²) in [4.78, 5) is 4.26. The van der Waals surface area contributed by atoms with Crippen LogP contribution in [-0.4, -0.2) is 28.8 Å². The highest BCUT2D eigenvalue weighted by molar-refractivity contribution is 5.51. The SMILES string of the molecule is CCOc1cccnc1NC1(CO)CCC1. The van der Waals surface area contributed by atoms with Gasteiger partial charge in [0, 0.05) is 6.20 Å². The van der Waals surface area contributed by atoms with Crippen LogP contribution in [0.3, 0.4) is 0 Å². The molecule has 4 heteroatoms. The maximum Gasteiger partial charge on any atom is 0.169 e. The van der Waals surface area contributed by atoms with Crippen molar-refractivity contribution in [2.45, 2.75) is 31.7 Å². The lowest BCUT2D eigenvalue weighted by Crippen LogP contribution is -2.48. The van der Waals surface area contributed by atoms with E-state index in [0.29, 0.717) is 6.61 Å². The predicted octanol–water partition coefficient (Wildman–Crippen LogP) is 1.81. The Labute approximate surface area is 95.7 Å². The van der Waals surface area contributed by atoms with E-state index in [2.05, 4.69) is 10.3 Å². The van der Waals surface area contributed by atoms with Gasteiger partial charge in [-0.15, -0.1) is 0 Å². The van der Waals surface area contributed by atoms with E-state index in [1.165, 1.54) is 0 Å². The van der Waals surface area contributed by atoms with Crippen LogP contribution in [0, 0.1) is 0 Å². The molecule has 1 saturated carbocycles. The van der Waals surface area contributed by atoms with Crippen LogP contribution >= 0.6 is 0 Å². The highest BCUT2D eigenvalue weighted by Gasteiger charge is 2.37. The van der Waals surface area contributed by atoms with Crippen LogP contribution in [0.1, 0.15) is 26.2 Å². The van der Waals surface area contributed by atoms with Crippen molar-refractivity contribution in [2.24, 2.45) is 0 Å². The van der Waals surface area contributed by atoms with Gasteiger partial charge in [-0.2, -0.15) is 0 Å². The first-order chi connectivity index (χ1) is 7.79.